The smallest absolute Gasteiger partial charge is 0.234 e. The highest BCUT2D eigenvalue weighted by molar-refractivity contribution is 7.15. The first-order valence-corrected chi connectivity index (χ1v) is 7.74. The molecule has 0 unspecified atom stereocenters. The minimum atomic E-state index is -0.256. The maximum atomic E-state index is 13.0. The third-order valence-electron chi connectivity index (χ3n) is 3.56. The molecule has 0 spiro atoms. The number of thiazole rings is 1. The van der Waals surface area contributed by atoms with Gasteiger partial charge in [-0.25, -0.2) is 9.37 Å². The van der Waals surface area contributed by atoms with Crippen molar-refractivity contribution in [2.75, 3.05) is 6.54 Å². The zero-order chi connectivity index (χ0) is 14.8. The fraction of sp³-hybridized carbons (Fsp3) is 0.333. The van der Waals surface area contributed by atoms with E-state index < -0.39 is 0 Å². The molecule has 0 aliphatic heterocycles. The summed E-state index contributed by atoms with van der Waals surface area (Å²) in [4.78, 5) is 17.3. The van der Waals surface area contributed by atoms with Gasteiger partial charge in [0.05, 0.1) is 23.2 Å². The van der Waals surface area contributed by atoms with Crippen molar-refractivity contribution in [3.8, 4) is 10.6 Å². The lowest BCUT2D eigenvalue weighted by molar-refractivity contribution is -0.120. The summed E-state index contributed by atoms with van der Waals surface area (Å²) in [6, 6.07) is 6.32. The zero-order valence-electron chi connectivity index (χ0n) is 11.4. The van der Waals surface area contributed by atoms with Crippen molar-refractivity contribution in [2.45, 2.75) is 25.3 Å². The fourth-order valence-corrected chi connectivity index (χ4v) is 3.73. The zero-order valence-corrected chi connectivity index (χ0v) is 12.3. The average molecular weight is 305 g/mol. The van der Waals surface area contributed by atoms with E-state index in [1.807, 2.05) is 0 Å². The fourth-order valence-electron chi connectivity index (χ4n) is 2.53. The van der Waals surface area contributed by atoms with E-state index in [0.717, 1.165) is 40.4 Å². The molecule has 0 radical (unpaired) electrons. The molecule has 21 heavy (non-hydrogen) atoms. The SMILES string of the molecule is NCC(=O)N[C@@H]1CCCc2nc(-c3ccc(F)cc3)sc21. The molecule has 1 atom stereocenters. The summed E-state index contributed by atoms with van der Waals surface area (Å²) >= 11 is 1.57. The number of halogens is 1. The largest absolute Gasteiger partial charge is 0.347 e. The minimum Gasteiger partial charge on any atom is -0.347 e. The van der Waals surface area contributed by atoms with E-state index in [4.69, 9.17) is 5.73 Å². The van der Waals surface area contributed by atoms with Gasteiger partial charge in [0.15, 0.2) is 0 Å². The number of nitrogens with one attached hydrogen (secondary N) is 1. The summed E-state index contributed by atoms with van der Waals surface area (Å²) in [5, 5.41) is 3.81. The van der Waals surface area contributed by atoms with E-state index in [1.165, 1.54) is 12.1 Å². The molecule has 3 rings (SSSR count). The van der Waals surface area contributed by atoms with E-state index in [0.29, 0.717) is 0 Å². The Hall–Kier alpha value is -1.79. The topological polar surface area (TPSA) is 68.0 Å². The maximum absolute atomic E-state index is 13.0. The minimum absolute atomic E-state index is 0.00324. The number of carbonyl (C=O) groups excluding carboxylic acids is 1. The molecule has 1 aromatic heterocycles. The van der Waals surface area contributed by atoms with Gasteiger partial charge < -0.3 is 11.1 Å². The number of aryl methyl sites for hydroxylation is 1. The van der Waals surface area contributed by atoms with Crippen LogP contribution >= 0.6 is 11.3 Å². The maximum Gasteiger partial charge on any atom is 0.234 e. The second-order valence-corrected chi connectivity index (χ2v) is 6.08. The van der Waals surface area contributed by atoms with Crippen molar-refractivity contribution in [1.82, 2.24) is 10.3 Å². The van der Waals surface area contributed by atoms with Crippen LogP contribution in [-0.4, -0.2) is 17.4 Å². The van der Waals surface area contributed by atoms with Gasteiger partial charge in [-0.05, 0) is 43.5 Å². The number of amides is 1. The van der Waals surface area contributed by atoms with E-state index in [-0.39, 0.29) is 24.3 Å². The molecule has 3 N–H and O–H groups in total. The van der Waals surface area contributed by atoms with Gasteiger partial charge in [-0.1, -0.05) is 0 Å². The summed E-state index contributed by atoms with van der Waals surface area (Å²) < 4.78 is 13.0. The number of hydrogen-bond donors (Lipinski definition) is 2. The van der Waals surface area contributed by atoms with E-state index in [9.17, 15) is 9.18 Å². The third-order valence-corrected chi connectivity index (χ3v) is 4.82. The van der Waals surface area contributed by atoms with Gasteiger partial charge in [0.25, 0.3) is 0 Å². The molecule has 6 heteroatoms. The lowest BCUT2D eigenvalue weighted by atomic mass is 9.98. The predicted molar refractivity (Wildman–Crippen MR) is 80.4 cm³/mol. The highest BCUT2D eigenvalue weighted by atomic mass is 32.1. The van der Waals surface area contributed by atoms with Crippen molar-refractivity contribution in [3.05, 3.63) is 40.7 Å². The van der Waals surface area contributed by atoms with Gasteiger partial charge in [0, 0.05) is 5.56 Å². The van der Waals surface area contributed by atoms with Crippen LogP contribution in [0.3, 0.4) is 0 Å². The summed E-state index contributed by atoms with van der Waals surface area (Å²) in [5.41, 5.74) is 7.30. The first kappa shape index (κ1) is 14.2. The Morgan fingerprint density at radius 2 is 2.19 bits per heavy atom. The number of aromatic nitrogens is 1. The van der Waals surface area contributed by atoms with E-state index in [2.05, 4.69) is 10.3 Å². The number of benzene rings is 1. The Morgan fingerprint density at radius 1 is 1.43 bits per heavy atom. The van der Waals surface area contributed by atoms with Gasteiger partial charge in [-0.3, -0.25) is 4.79 Å². The van der Waals surface area contributed by atoms with Crippen molar-refractivity contribution in [3.63, 3.8) is 0 Å². The number of carbonyl (C=O) groups is 1. The van der Waals surface area contributed by atoms with Crippen LogP contribution in [0.4, 0.5) is 4.39 Å². The van der Waals surface area contributed by atoms with Crippen LogP contribution < -0.4 is 11.1 Å². The first-order valence-electron chi connectivity index (χ1n) is 6.92. The van der Waals surface area contributed by atoms with Crippen LogP contribution in [-0.2, 0) is 11.2 Å². The highest BCUT2D eigenvalue weighted by Crippen LogP contribution is 2.37. The third kappa shape index (κ3) is 2.96. The monoisotopic (exact) mass is 305 g/mol. The van der Waals surface area contributed by atoms with Gasteiger partial charge in [0.1, 0.15) is 10.8 Å². The molecule has 1 aromatic carbocycles. The summed E-state index contributed by atoms with van der Waals surface area (Å²) in [6.07, 6.45) is 2.82. The molecule has 2 aromatic rings. The van der Waals surface area contributed by atoms with Crippen molar-refractivity contribution in [1.29, 1.82) is 0 Å². The number of nitrogens with zero attached hydrogens (tertiary/aromatic N) is 1. The molecule has 1 amide bonds. The molecule has 1 aliphatic rings. The molecular weight excluding hydrogens is 289 g/mol. The second-order valence-electron chi connectivity index (χ2n) is 5.05. The molecule has 110 valence electrons. The molecule has 0 saturated carbocycles. The van der Waals surface area contributed by atoms with Gasteiger partial charge in [0.2, 0.25) is 5.91 Å². The summed E-state index contributed by atoms with van der Waals surface area (Å²) in [7, 11) is 0. The van der Waals surface area contributed by atoms with Gasteiger partial charge in [-0.2, -0.15) is 0 Å². The number of hydrogen-bond acceptors (Lipinski definition) is 4. The Morgan fingerprint density at radius 3 is 2.90 bits per heavy atom. The predicted octanol–water partition coefficient (Wildman–Crippen LogP) is 2.40. The van der Waals surface area contributed by atoms with E-state index in [1.54, 1.807) is 23.5 Å². The summed E-state index contributed by atoms with van der Waals surface area (Å²) in [5.74, 6) is -0.405. The standard InChI is InChI=1S/C15H16FN3OS/c16-10-6-4-9(5-7-10)15-19-12-3-1-2-11(14(12)21-15)18-13(20)8-17/h4-7,11H,1-3,8,17H2,(H,18,20)/t11-/m1/s1. The molecule has 1 heterocycles. The Balaban J connectivity index is 1.90. The quantitative estimate of drug-likeness (QED) is 0.915. The van der Waals surface area contributed by atoms with E-state index >= 15 is 0 Å². The molecule has 1 aliphatic carbocycles. The average Bonchev–Trinajstić information content (AvgIpc) is 2.93. The van der Waals surface area contributed by atoms with Gasteiger partial charge >= 0.3 is 0 Å². The van der Waals surface area contributed by atoms with Crippen LogP contribution in [0.5, 0.6) is 0 Å². The molecular formula is C15H16FN3OS. The first-order chi connectivity index (χ1) is 10.2. The number of fused-ring (bicyclic) bond motifs is 1. The Kier molecular flexibility index (Phi) is 3.98. The Bertz CT molecular complexity index is 653. The number of rotatable bonds is 3. The van der Waals surface area contributed by atoms with Gasteiger partial charge in [-0.15, -0.1) is 11.3 Å². The van der Waals surface area contributed by atoms with Crippen molar-refractivity contribution < 1.29 is 9.18 Å². The number of nitrogens with two attached hydrogens (primary N) is 1. The second kappa shape index (κ2) is 5.91. The highest BCUT2D eigenvalue weighted by Gasteiger charge is 2.25. The Labute approximate surface area is 126 Å². The van der Waals surface area contributed by atoms with Crippen LogP contribution in [0.2, 0.25) is 0 Å². The molecule has 0 fully saturated rings. The van der Waals surface area contributed by atoms with Crippen molar-refractivity contribution in [2.24, 2.45) is 5.73 Å². The van der Waals surface area contributed by atoms with Crippen LogP contribution in [0, 0.1) is 5.82 Å². The normalized spacial score (nSPS) is 17.3. The molecule has 0 saturated heterocycles. The lowest BCUT2D eigenvalue weighted by Crippen LogP contribution is -2.34. The van der Waals surface area contributed by atoms with Crippen LogP contribution in [0.1, 0.15) is 29.5 Å². The van der Waals surface area contributed by atoms with Crippen molar-refractivity contribution >= 4 is 17.2 Å². The molecule has 0 bridgehead atoms. The van der Waals surface area contributed by atoms with Crippen LogP contribution in [0.15, 0.2) is 24.3 Å². The lowest BCUT2D eigenvalue weighted by Gasteiger charge is -2.22. The molecule has 4 nitrogen and oxygen atoms in total. The summed E-state index contributed by atoms with van der Waals surface area (Å²) in [6.45, 7) is -0.00451. The van der Waals surface area contributed by atoms with Crippen LogP contribution in [0.25, 0.3) is 10.6 Å².